The Morgan fingerprint density at radius 1 is 0.875 bits per heavy atom. The topological polar surface area (TPSA) is 82.7 Å². The van der Waals surface area contributed by atoms with Gasteiger partial charge in [0.05, 0.1) is 11.7 Å². The molecular formula is C33H40N4O3. The lowest BCUT2D eigenvalue weighted by molar-refractivity contribution is 0.0858. The third-order valence-electron chi connectivity index (χ3n) is 7.96. The number of piperidine rings is 1. The normalized spacial score (nSPS) is 17.4. The largest absolute Gasteiger partial charge is 0.376 e. The molecule has 0 saturated carbocycles. The highest BCUT2D eigenvalue weighted by molar-refractivity contribution is 6.04. The summed E-state index contributed by atoms with van der Waals surface area (Å²) < 4.78 is 5.70. The molecule has 7 nitrogen and oxygen atoms in total. The summed E-state index contributed by atoms with van der Waals surface area (Å²) >= 11 is 0. The van der Waals surface area contributed by atoms with Crippen LogP contribution in [-0.2, 0) is 17.6 Å². The number of nitrogens with zero attached hydrogens (tertiary/aromatic N) is 1. The Hall–Kier alpha value is -3.84. The zero-order chi connectivity index (χ0) is 27.7. The molecule has 0 radical (unpaired) electrons. The molecule has 3 N–H and O–H groups in total. The number of aryl methyl sites for hydroxylation is 1. The molecule has 2 fully saturated rings. The molecule has 3 aromatic rings. The molecule has 2 heterocycles. The second-order valence-electron chi connectivity index (χ2n) is 10.8. The number of amides is 3. The number of carbonyl (C=O) groups excluding carboxylic acids is 2. The first-order valence-electron chi connectivity index (χ1n) is 14.6. The van der Waals surface area contributed by atoms with E-state index in [1.165, 1.54) is 11.1 Å². The van der Waals surface area contributed by atoms with Crippen molar-refractivity contribution in [2.75, 3.05) is 41.8 Å². The second kappa shape index (κ2) is 13.5. The molecule has 0 bridgehead atoms. The Morgan fingerprint density at radius 3 is 2.30 bits per heavy atom. The predicted octanol–water partition coefficient (Wildman–Crippen LogP) is 6.26. The van der Waals surface area contributed by atoms with Crippen molar-refractivity contribution in [1.82, 2.24) is 5.32 Å². The van der Waals surface area contributed by atoms with Crippen LogP contribution in [0.2, 0.25) is 0 Å². The van der Waals surface area contributed by atoms with Crippen molar-refractivity contribution in [3.05, 3.63) is 89.5 Å². The molecule has 2 aliphatic heterocycles. The number of urea groups is 1. The van der Waals surface area contributed by atoms with Crippen molar-refractivity contribution < 1.29 is 14.3 Å². The summed E-state index contributed by atoms with van der Waals surface area (Å²) in [5.41, 5.74) is 5.37. The lowest BCUT2D eigenvalue weighted by atomic mass is 9.89. The van der Waals surface area contributed by atoms with E-state index in [-0.39, 0.29) is 18.0 Å². The summed E-state index contributed by atoms with van der Waals surface area (Å²) in [5, 5.41) is 8.85. The van der Waals surface area contributed by atoms with E-state index in [4.69, 9.17) is 4.74 Å². The second-order valence-corrected chi connectivity index (χ2v) is 10.8. The van der Waals surface area contributed by atoms with Crippen LogP contribution in [0, 0.1) is 5.92 Å². The minimum absolute atomic E-state index is 0.0623. The first-order chi connectivity index (χ1) is 19.6. The number of hydrogen-bond acceptors (Lipinski definition) is 4. The number of benzene rings is 3. The van der Waals surface area contributed by atoms with Crippen LogP contribution >= 0.6 is 0 Å². The Kier molecular flexibility index (Phi) is 9.34. The molecule has 3 amide bonds. The van der Waals surface area contributed by atoms with Crippen molar-refractivity contribution in [3.8, 4) is 0 Å². The van der Waals surface area contributed by atoms with Gasteiger partial charge in [0, 0.05) is 43.3 Å². The SMILES string of the molecule is CCc1ccc(NC(=O)Nc2ccc(N3CCC(Cc4ccccc4)CC3)c(C(=O)NC[C@@H]3CCCO3)c2)cc1. The van der Waals surface area contributed by atoms with Gasteiger partial charge in [-0.3, -0.25) is 4.79 Å². The van der Waals surface area contributed by atoms with Crippen molar-refractivity contribution in [2.24, 2.45) is 5.92 Å². The summed E-state index contributed by atoms with van der Waals surface area (Å²) in [6.45, 7) is 5.12. The van der Waals surface area contributed by atoms with E-state index in [0.717, 1.165) is 69.6 Å². The molecular weight excluding hydrogens is 500 g/mol. The van der Waals surface area contributed by atoms with Gasteiger partial charge in [-0.05, 0) is 85.9 Å². The molecule has 40 heavy (non-hydrogen) atoms. The van der Waals surface area contributed by atoms with Gasteiger partial charge in [0.15, 0.2) is 0 Å². The Morgan fingerprint density at radius 2 is 1.60 bits per heavy atom. The number of carbonyl (C=O) groups is 2. The van der Waals surface area contributed by atoms with Gasteiger partial charge >= 0.3 is 6.03 Å². The smallest absolute Gasteiger partial charge is 0.323 e. The molecule has 0 aliphatic carbocycles. The number of hydrogen-bond donors (Lipinski definition) is 3. The van der Waals surface area contributed by atoms with Crippen LogP contribution in [0.3, 0.4) is 0 Å². The molecule has 0 unspecified atom stereocenters. The molecule has 0 aromatic heterocycles. The van der Waals surface area contributed by atoms with Crippen LogP contribution in [0.5, 0.6) is 0 Å². The van der Waals surface area contributed by atoms with Crippen LogP contribution < -0.4 is 20.9 Å². The average molecular weight is 541 g/mol. The fourth-order valence-electron chi connectivity index (χ4n) is 5.62. The van der Waals surface area contributed by atoms with Gasteiger partial charge in [-0.1, -0.05) is 49.4 Å². The van der Waals surface area contributed by atoms with Crippen LogP contribution in [0.25, 0.3) is 0 Å². The van der Waals surface area contributed by atoms with E-state index in [0.29, 0.717) is 23.7 Å². The molecule has 2 saturated heterocycles. The number of anilines is 3. The summed E-state index contributed by atoms with van der Waals surface area (Å²) in [5.74, 6) is 0.489. The summed E-state index contributed by atoms with van der Waals surface area (Å²) in [7, 11) is 0. The minimum atomic E-state index is -0.343. The molecule has 210 valence electrons. The molecule has 5 rings (SSSR count). The third kappa shape index (κ3) is 7.42. The Labute approximate surface area is 237 Å². The molecule has 2 aliphatic rings. The van der Waals surface area contributed by atoms with E-state index in [2.05, 4.69) is 58.1 Å². The molecule has 0 spiro atoms. The lowest BCUT2D eigenvalue weighted by Crippen LogP contribution is -2.37. The zero-order valence-corrected chi connectivity index (χ0v) is 23.3. The van der Waals surface area contributed by atoms with Crippen molar-refractivity contribution in [2.45, 2.75) is 51.6 Å². The third-order valence-corrected chi connectivity index (χ3v) is 7.96. The first kappa shape index (κ1) is 27.7. The monoisotopic (exact) mass is 540 g/mol. The Balaban J connectivity index is 1.27. The summed E-state index contributed by atoms with van der Waals surface area (Å²) in [6, 6.07) is 23.7. The van der Waals surface area contributed by atoms with Gasteiger partial charge < -0.3 is 25.6 Å². The highest BCUT2D eigenvalue weighted by Gasteiger charge is 2.25. The van der Waals surface area contributed by atoms with Crippen LogP contribution in [0.1, 0.15) is 54.1 Å². The van der Waals surface area contributed by atoms with Crippen molar-refractivity contribution in [1.29, 1.82) is 0 Å². The highest BCUT2D eigenvalue weighted by atomic mass is 16.5. The van der Waals surface area contributed by atoms with Gasteiger partial charge in [0.2, 0.25) is 0 Å². The van der Waals surface area contributed by atoms with E-state index in [1.807, 2.05) is 36.4 Å². The number of nitrogens with one attached hydrogen (secondary N) is 3. The number of ether oxygens (including phenoxy) is 1. The quantitative estimate of drug-likeness (QED) is 0.299. The van der Waals surface area contributed by atoms with Gasteiger partial charge in [0.25, 0.3) is 5.91 Å². The van der Waals surface area contributed by atoms with Crippen LogP contribution in [0.4, 0.5) is 21.9 Å². The average Bonchev–Trinajstić information content (AvgIpc) is 3.51. The summed E-state index contributed by atoms with van der Waals surface area (Å²) in [6.07, 6.45) is 6.23. The Bertz CT molecular complexity index is 1260. The van der Waals surface area contributed by atoms with E-state index < -0.39 is 0 Å². The van der Waals surface area contributed by atoms with Crippen LogP contribution in [-0.4, -0.2) is 44.3 Å². The minimum Gasteiger partial charge on any atom is -0.376 e. The maximum atomic E-state index is 13.4. The maximum absolute atomic E-state index is 13.4. The van der Waals surface area contributed by atoms with E-state index >= 15 is 0 Å². The maximum Gasteiger partial charge on any atom is 0.323 e. The standard InChI is InChI=1S/C33H40N4O3/c1-2-24-10-12-27(13-11-24)35-33(39)36-28-14-15-31(30(22-28)32(38)34-23-29-9-6-20-40-29)37-18-16-26(17-19-37)21-25-7-4-3-5-8-25/h3-5,7-8,10-15,22,26,29H,2,6,9,16-21,23H2,1H3,(H,34,38)(H2,35,36,39)/t29-/m0/s1. The highest BCUT2D eigenvalue weighted by Crippen LogP contribution is 2.30. The van der Waals surface area contributed by atoms with E-state index in [9.17, 15) is 9.59 Å². The fourth-order valence-corrected chi connectivity index (χ4v) is 5.62. The van der Waals surface area contributed by atoms with Gasteiger partial charge in [-0.15, -0.1) is 0 Å². The van der Waals surface area contributed by atoms with Crippen molar-refractivity contribution >= 4 is 29.0 Å². The molecule has 3 aromatic carbocycles. The lowest BCUT2D eigenvalue weighted by Gasteiger charge is -2.35. The zero-order valence-electron chi connectivity index (χ0n) is 23.3. The predicted molar refractivity (Wildman–Crippen MR) is 161 cm³/mol. The molecule has 1 atom stereocenters. The van der Waals surface area contributed by atoms with Gasteiger partial charge in [-0.25, -0.2) is 4.79 Å². The van der Waals surface area contributed by atoms with Gasteiger partial charge in [-0.2, -0.15) is 0 Å². The number of rotatable bonds is 9. The molecule has 7 heteroatoms. The first-order valence-corrected chi connectivity index (χ1v) is 14.6. The summed E-state index contributed by atoms with van der Waals surface area (Å²) in [4.78, 5) is 28.5. The van der Waals surface area contributed by atoms with Crippen molar-refractivity contribution in [3.63, 3.8) is 0 Å². The fraction of sp³-hybridized carbons (Fsp3) is 0.394. The van der Waals surface area contributed by atoms with Gasteiger partial charge in [0.1, 0.15) is 0 Å². The van der Waals surface area contributed by atoms with Crippen LogP contribution in [0.15, 0.2) is 72.8 Å². The van der Waals surface area contributed by atoms with E-state index in [1.54, 1.807) is 6.07 Å².